The van der Waals surface area contributed by atoms with E-state index in [9.17, 15) is 5.26 Å². The van der Waals surface area contributed by atoms with E-state index in [-0.39, 0.29) is 0 Å². The molecule has 0 saturated carbocycles. The molecule has 0 unspecified atom stereocenters. The van der Waals surface area contributed by atoms with Crippen molar-refractivity contribution in [2.75, 3.05) is 0 Å². The molecule has 0 aliphatic carbocycles. The summed E-state index contributed by atoms with van der Waals surface area (Å²) in [5.41, 5.74) is 15.8. The van der Waals surface area contributed by atoms with Crippen LogP contribution in [0.5, 0.6) is 0 Å². The van der Waals surface area contributed by atoms with Crippen molar-refractivity contribution in [2.45, 2.75) is 13.8 Å². The van der Waals surface area contributed by atoms with E-state index in [1.54, 1.807) is 0 Å². The molecule has 3 heterocycles. The van der Waals surface area contributed by atoms with Crippen molar-refractivity contribution in [3.63, 3.8) is 0 Å². The van der Waals surface area contributed by atoms with Gasteiger partial charge in [0, 0.05) is 27.1 Å². The highest BCUT2D eigenvalue weighted by Gasteiger charge is 2.25. The van der Waals surface area contributed by atoms with Crippen LogP contribution in [0.15, 0.2) is 182 Å². The number of nitriles is 1. The van der Waals surface area contributed by atoms with E-state index in [0.717, 1.165) is 99.5 Å². The summed E-state index contributed by atoms with van der Waals surface area (Å²) in [7, 11) is 0. The van der Waals surface area contributed by atoms with Crippen molar-refractivity contribution in [1.82, 2.24) is 24.1 Å². The number of fused-ring (bicyclic) bond motifs is 6. The van der Waals surface area contributed by atoms with Gasteiger partial charge in [0.05, 0.1) is 71.4 Å². The first-order valence-corrected chi connectivity index (χ1v) is 23.6. The predicted octanol–water partition coefficient (Wildman–Crippen LogP) is 17.1. The van der Waals surface area contributed by atoms with Crippen LogP contribution in [0, 0.1) is 51.5 Å². The van der Waals surface area contributed by atoms with Gasteiger partial charge in [-0.15, -0.1) is 0 Å². The molecule has 74 heavy (non-hydrogen) atoms. The van der Waals surface area contributed by atoms with Gasteiger partial charge in [-0.2, -0.15) is 5.26 Å². The maximum absolute atomic E-state index is 9.69. The molecule has 0 bridgehead atoms. The molecular formula is C64H36N10. The summed E-state index contributed by atoms with van der Waals surface area (Å²) in [6.45, 7) is 35.3. The maximum Gasteiger partial charge on any atom is 0.200 e. The highest BCUT2D eigenvalue weighted by Crippen LogP contribution is 2.45. The van der Waals surface area contributed by atoms with Gasteiger partial charge in [-0.05, 0) is 107 Å². The Kier molecular flexibility index (Phi) is 10.6. The Balaban J connectivity index is 1.24. The minimum Gasteiger partial charge on any atom is -0.308 e. The smallest absolute Gasteiger partial charge is 0.200 e. The fourth-order valence-corrected chi connectivity index (χ4v) is 10.1. The molecule has 0 N–H and O–H groups in total. The second-order valence-corrected chi connectivity index (χ2v) is 18.0. The molecule has 12 rings (SSSR count). The Morgan fingerprint density at radius 2 is 0.703 bits per heavy atom. The van der Waals surface area contributed by atoms with Crippen molar-refractivity contribution >= 4 is 66.4 Å². The first kappa shape index (κ1) is 44.3. The van der Waals surface area contributed by atoms with E-state index in [2.05, 4.69) is 112 Å². The van der Waals surface area contributed by atoms with Gasteiger partial charge in [-0.1, -0.05) is 133 Å². The Labute approximate surface area is 425 Å². The van der Waals surface area contributed by atoms with Crippen LogP contribution < -0.4 is 0 Å². The Bertz CT molecular complexity index is 4280. The van der Waals surface area contributed by atoms with E-state index in [0.29, 0.717) is 51.3 Å². The topological polar surface area (TPSA) is 89.8 Å². The molecule has 0 radical (unpaired) electrons. The first-order chi connectivity index (χ1) is 36.2. The van der Waals surface area contributed by atoms with Crippen molar-refractivity contribution in [3.05, 3.63) is 245 Å². The summed E-state index contributed by atoms with van der Waals surface area (Å²) in [6, 6.07) is 62.4. The number of hydrogen-bond acceptors (Lipinski definition) is 4. The van der Waals surface area contributed by atoms with Crippen molar-refractivity contribution in [2.24, 2.45) is 0 Å². The highest BCUT2D eigenvalue weighted by atomic mass is 15.1. The van der Waals surface area contributed by atoms with Gasteiger partial charge >= 0.3 is 0 Å². The zero-order chi connectivity index (χ0) is 50.6. The minimum absolute atomic E-state index is 0.347. The van der Waals surface area contributed by atoms with Gasteiger partial charge < -0.3 is 9.13 Å². The zero-order valence-corrected chi connectivity index (χ0v) is 39.8. The molecule has 0 spiro atoms. The number of hydrogen-bond donors (Lipinski definition) is 0. The zero-order valence-electron chi connectivity index (χ0n) is 39.8. The number of benzene rings is 9. The quantitative estimate of drug-likeness (QED) is 0.149. The van der Waals surface area contributed by atoms with Gasteiger partial charge in [0.1, 0.15) is 11.6 Å². The summed E-state index contributed by atoms with van der Waals surface area (Å²) in [5.74, 6) is 1.44. The molecule has 0 atom stereocenters. The summed E-state index contributed by atoms with van der Waals surface area (Å²) >= 11 is 0. The van der Waals surface area contributed by atoms with E-state index in [1.165, 1.54) is 0 Å². The molecule has 9 aromatic carbocycles. The lowest BCUT2D eigenvalue weighted by atomic mass is 10.0. The van der Waals surface area contributed by atoms with Gasteiger partial charge in [0.15, 0.2) is 28.6 Å². The predicted molar refractivity (Wildman–Crippen MR) is 295 cm³/mol. The number of aryl methyl sites for hydroxylation is 2. The lowest BCUT2D eigenvalue weighted by molar-refractivity contribution is 0.928. The molecule has 0 fully saturated rings. The minimum atomic E-state index is 0.347. The van der Waals surface area contributed by atoms with Crippen LogP contribution in [0.25, 0.3) is 130 Å². The van der Waals surface area contributed by atoms with Crippen molar-refractivity contribution in [1.29, 1.82) is 5.26 Å². The van der Waals surface area contributed by atoms with E-state index < -0.39 is 0 Å². The van der Waals surface area contributed by atoms with Crippen LogP contribution in [-0.2, 0) is 0 Å². The van der Waals surface area contributed by atoms with Crippen LogP contribution in [0.2, 0.25) is 0 Å². The van der Waals surface area contributed by atoms with Gasteiger partial charge in [0.2, 0.25) is 0 Å². The molecule has 0 saturated heterocycles. The number of nitrogens with zero attached hydrogens (tertiary/aromatic N) is 10. The second-order valence-electron chi connectivity index (χ2n) is 18.0. The maximum atomic E-state index is 9.69. The van der Waals surface area contributed by atoms with Gasteiger partial charge in [-0.25, -0.2) is 34.3 Å². The molecule has 0 amide bonds. The molecule has 10 heteroatoms. The third kappa shape index (κ3) is 7.52. The molecule has 342 valence electrons. The Hall–Kier alpha value is -11.0. The summed E-state index contributed by atoms with van der Waals surface area (Å²) in [6.07, 6.45) is 0. The summed E-state index contributed by atoms with van der Waals surface area (Å²) in [5, 5.41) is 13.7. The van der Waals surface area contributed by atoms with Gasteiger partial charge in [0.25, 0.3) is 0 Å². The van der Waals surface area contributed by atoms with Crippen LogP contribution in [0.3, 0.4) is 0 Å². The highest BCUT2D eigenvalue weighted by molar-refractivity contribution is 6.14. The lowest BCUT2D eigenvalue weighted by Gasteiger charge is -2.20. The molecule has 0 aliphatic rings. The molecule has 12 aromatic rings. The van der Waals surface area contributed by atoms with E-state index in [1.807, 2.05) is 123 Å². The lowest BCUT2D eigenvalue weighted by Crippen LogP contribution is -2.06. The van der Waals surface area contributed by atoms with Crippen LogP contribution in [0.1, 0.15) is 17.2 Å². The number of rotatable bonds is 7. The molecular weight excluding hydrogens is 909 g/mol. The van der Waals surface area contributed by atoms with Crippen molar-refractivity contribution in [3.8, 4) is 73.3 Å². The fourth-order valence-electron chi connectivity index (χ4n) is 10.1. The first-order valence-electron chi connectivity index (χ1n) is 23.6. The largest absolute Gasteiger partial charge is 0.308 e. The standard InChI is InChI=1S/C64H36N10/c1-38-70-39(2)72-64(71-38)56-35-62(73-58-31-45(41-9-7-40(37-65)8-10-41)17-27-52(58)53-28-18-46(32-59(53)73)42-11-21-49(66-3)22-12-42)63(36-57(56)69-6)74-60-33-47(43-13-23-50(67-4)24-14-43)19-29-54(60)55-30-20-48(34-61(55)74)44-15-25-51(68-5)26-16-44/h7-36H,1-2H3. The van der Waals surface area contributed by atoms with Crippen LogP contribution >= 0.6 is 0 Å². The monoisotopic (exact) mass is 944 g/mol. The Morgan fingerprint density at radius 1 is 0.378 bits per heavy atom. The van der Waals surface area contributed by atoms with E-state index >= 15 is 0 Å². The van der Waals surface area contributed by atoms with Crippen molar-refractivity contribution < 1.29 is 0 Å². The average molecular weight is 945 g/mol. The number of aromatic nitrogens is 5. The average Bonchev–Trinajstić information content (AvgIpc) is 3.95. The third-order valence-electron chi connectivity index (χ3n) is 13.7. The fraction of sp³-hybridized carbons (Fsp3) is 0.0312. The summed E-state index contributed by atoms with van der Waals surface area (Å²) in [4.78, 5) is 29.3. The molecule has 3 aromatic heterocycles. The summed E-state index contributed by atoms with van der Waals surface area (Å²) < 4.78 is 4.53. The SMILES string of the molecule is [C-]#[N+]c1ccc(-c2ccc3c4ccc(-c5ccc([N+]#[C-])cc5)cc4n(-c4cc([N+]#[C-])c(-c5nc(C)nc(C)n5)cc4-n4c5cc(-c6ccc(C#N)cc6)ccc5c5ccc(-c6ccc([N+]#[C-])cc6)cc54)c3c2)cc1. The second kappa shape index (κ2) is 17.8. The Morgan fingerprint density at radius 3 is 1.03 bits per heavy atom. The van der Waals surface area contributed by atoms with Crippen LogP contribution in [-0.4, -0.2) is 24.1 Å². The molecule has 0 aliphatic heterocycles. The van der Waals surface area contributed by atoms with E-state index in [4.69, 9.17) is 36.3 Å². The normalized spacial score (nSPS) is 11.0. The van der Waals surface area contributed by atoms with Crippen LogP contribution in [0.4, 0.5) is 22.7 Å². The van der Waals surface area contributed by atoms with Gasteiger partial charge in [-0.3, -0.25) is 0 Å². The third-order valence-corrected chi connectivity index (χ3v) is 13.7. The molecule has 10 nitrogen and oxygen atoms in total.